The normalized spacial score (nSPS) is 18.6. The van der Waals surface area contributed by atoms with E-state index in [1.165, 1.54) is 6.20 Å². The van der Waals surface area contributed by atoms with Crippen molar-refractivity contribution in [3.05, 3.63) is 46.4 Å². The lowest BCUT2D eigenvalue weighted by Gasteiger charge is -2.31. The number of pyridine rings is 1. The topological polar surface area (TPSA) is 85.4 Å². The lowest BCUT2D eigenvalue weighted by molar-refractivity contribution is 0.0932. The summed E-state index contributed by atoms with van der Waals surface area (Å²) in [7, 11) is 0. The molecule has 1 atom stereocenters. The van der Waals surface area contributed by atoms with Crippen molar-refractivity contribution in [2.75, 3.05) is 32.8 Å². The number of likely N-dealkylation sites (tertiary alicyclic amines) is 1. The Morgan fingerprint density at radius 2 is 2.12 bits per heavy atom. The van der Waals surface area contributed by atoms with Crippen molar-refractivity contribution in [1.82, 2.24) is 15.2 Å². The van der Waals surface area contributed by atoms with Gasteiger partial charge in [-0.05, 0) is 31.4 Å². The molecule has 0 radical (unpaired) electrons. The molecule has 2 aromatic rings. The molecule has 1 aliphatic rings. The number of hydrogen-bond acceptors (Lipinski definition) is 4. The number of nitrogens with one attached hydrogen (secondary N) is 2. The first-order valence-corrected chi connectivity index (χ1v) is 8.41. The predicted molar refractivity (Wildman–Crippen MR) is 93.2 cm³/mol. The quantitative estimate of drug-likeness (QED) is 0.763. The van der Waals surface area contributed by atoms with Gasteiger partial charge in [-0.3, -0.25) is 9.59 Å². The Labute approximate surface area is 140 Å². The summed E-state index contributed by atoms with van der Waals surface area (Å²) >= 11 is 0. The monoisotopic (exact) mass is 329 g/mol. The van der Waals surface area contributed by atoms with Gasteiger partial charge in [0.1, 0.15) is 0 Å². The molecule has 1 aromatic carbocycles. The molecule has 0 bridgehead atoms. The van der Waals surface area contributed by atoms with Crippen molar-refractivity contribution in [3.8, 4) is 0 Å². The molecule has 2 heterocycles. The lowest BCUT2D eigenvalue weighted by Crippen LogP contribution is -2.41. The number of amides is 1. The van der Waals surface area contributed by atoms with Gasteiger partial charge in [0.2, 0.25) is 0 Å². The molecule has 0 unspecified atom stereocenters. The Bertz CT molecular complexity index is 771. The smallest absolute Gasteiger partial charge is 0.255 e. The van der Waals surface area contributed by atoms with Crippen LogP contribution in [0.25, 0.3) is 10.8 Å². The molecule has 6 nitrogen and oxygen atoms in total. The molecule has 1 aliphatic heterocycles. The highest BCUT2D eigenvalue weighted by Crippen LogP contribution is 2.16. The van der Waals surface area contributed by atoms with E-state index in [2.05, 4.69) is 15.2 Å². The molecular formula is C18H23N3O3. The van der Waals surface area contributed by atoms with Gasteiger partial charge in [0.25, 0.3) is 11.5 Å². The summed E-state index contributed by atoms with van der Waals surface area (Å²) in [6.45, 7) is 3.43. The fraction of sp³-hybridized carbons (Fsp3) is 0.444. The van der Waals surface area contributed by atoms with Crippen LogP contribution < -0.4 is 10.9 Å². The van der Waals surface area contributed by atoms with Gasteiger partial charge in [-0.25, -0.2) is 0 Å². The molecule has 0 saturated carbocycles. The van der Waals surface area contributed by atoms with E-state index in [-0.39, 0.29) is 18.1 Å². The molecule has 1 amide bonds. The number of fused-ring (bicyclic) bond motifs is 1. The lowest BCUT2D eigenvalue weighted by atomic mass is 9.99. The molecule has 3 N–H and O–H groups in total. The van der Waals surface area contributed by atoms with Crippen LogP contribution in [-0.2, 0) is 0 Å². The van der Waals surface area contributed by atoms with E-state index in [4.69, 9.17) is 0 Å². The van der Waals surface area contributed by atoms with Crippen LogP contribution in [0.2, 0.25) is 0 Å². The Hall–Kier alpha value is -2.18. The van der Waals surface area contributed by atoms with E-state index < -0.39 is 0 Å². The highest BCUT2D eigenvalue weighted by atomic mass is 16.3. The largest absolute Gasteiger partial charge is 0.396 e. The van der Waals surface area contributed by atoms with Crippen LogP contribution in [0.4, 0.5) is 0 Å². The minimum absolute atomic E-state index is 0.182. The number of nitrogens with zero attached hydrogens (tertiary/aromatic N) is 1. The van der Waals surface area contributed by atoms with Crippen molar-refractivity contribution >= 4 is 16.7 Å². The SMILES string of the molecule is O=C(NCCN1CCC[C@H](CO)C1)c1c[nH]c(=O)c2ccccc12. The molecule has 6 heteroatoms. The first-order valence-electron chi connectivity index (χ1n) is 8.41. The zero-order valence-electron chi connectivity index (χ0n) is 13.6. The van der Waals surface area contributed by atoms with Gasteiger partial charge < -0.3 is 20.3 Å². The van der Waals surface area contributed by atoms with Crippen LogP contribution in [0.5, 0.6) is 0 Å². The second kappa shape index (κ2) is 7.59. The summed E-state index contributed by atoms with van der Waals surface area (Å²) < 4.78 is 0. The molecule has 1 aromatic heterocycles. The highest BCUT2D eigenvalue weighted by Gasteiger charge is 2.19. The van der Waals surface area contributed by atoms with Crippen molar-refractivity contribution in [2.45, 2.75) is 12.8 Å². The predicted octanol–water partition coefficient (Wildman–Crippen LogP) is 0.962. The summed E-state index contributed by atoms with van der Waals surface area (Å²) in [6, 6.07) is 7.11. The number of aromatic nitrogens is 1. The molecule has 24 heavy (non-hydrogen) atoms. The zero-order chi connectivity index (χ0) is 16.9. The highest BCUT2D eigenvalue weighted by molar-refractivity contribution is 6.06. The standard InChI is InChI=1S/C18H23N3O3/c22-12-13-4-3-8-21(11-13)9-7-19-18(24)16-10-20-17(23)15-6-2-1-5-14(15)16/h1-2,5-6,10,13,22H,3-4,7-9,11-12H2,(H,19,24)(H,20,23)/t13-/m0/s1. The maximum atomic E-state index is 12.4. The van der Waals surface area contributed by atoms with Crippen LogP contribution in [-0.4, -0.2) is 53.7 Å². The molecule has 1 fully saturated rings. The van der Waals surface area contributed by atoms with Crippen LogP contribution in [0, 0.1) is 5.92 Å². The summed E-state index contributed by atoms with van der Waals surface area (Å²) in [5.74, 6) is 0.163. The number of H-pyrrole nitrogens is 1. The van der Waals surface area contributed by atoms with Gasteiger partial charge in [-0.2, -0.15) is 0 Å². The van der Waals surface area contributed by atoms with E-state index in [9.17, 15) is 14.7 Å². The molecule has 0 spiro atoms. The number of piperidine rings is 1. The van der Waals surface area contributed by atoms with Crippen LogP contribution in [0.1, 0.15) is 23.2 Å². The third-order valence-corrected chi connectivity index (χ3v) is 4.63. The number of rotatable bonds is 5. The third kappa shape index (κ3) is 3.66. The van der Waals surface area contributed by atoms with Gasteiger partial charge in [0.15, 0.2) is 0 Å². The molecular weight excluding hydrogens is 306 g/mol. The first kappa shape index (κ1) is 16.7. The van der Waals surface area contributed by atoms with Gasteiger partial charge >= 0.3 is 0 Å². The van der Waals surface area contributed by atoms with Crippen molar-refractivity contribution in [1.29, 1.82) is 0 Å². The maximum Gasteiger partial charge on any atom is 0.255 e. The maximum absolute atomic E-state index is 12.4. The number of aliphatic hydroxyl groups excluding tert-OH is 1. The zero-order valence-corrected chi connectivity index (χ0v) is 13.6. The number of hydrogen-bond donors (Lipinski definition) is 3. The number of carbonyl (C=O) groups excluding carboxylic acids is 1. The summed E-state index contributed by atoms with van der Waals surface area (Å²) in [5, 5.41) is 13.4. The van der Waals surface area contributed by atoms with Crippen LogP contribution in [0.15, 0.2) is 35.3 Å². The second-order valence-corrected chi connectivity index (χ2v) is 6.32. The fourth-order valence-electron chi connectivity index (χ4n) is 3.32. The Morgan fingerprint density at radius 3 is 2.92 bits per heavy atom. The van der Waals surface area contributed by atoms with Gasteiger partial charge in [-0.15, -0.1) is 0 Å². The summed E-state index contributed by atoms with van der Waals surface area (Å²) in [4.78, 5) is 29.2. The van der Waals surface area contributed by atoms with Crippen molar-refractivity contribution < 1.29 is 9.90 Å². The minimum atomic E-state index is -0.189. The number of aromatic amines is 1. The third-order valence-electron chi connectivity index (χ3n) is 4.63. The average molecular weight is 329 g/mol. The number of benzene rings is 1. The van der Waals surface area contributed by atoms with E-state index in [0.717, 1.165) is 32.5 Å². The number of aliphatic hydroxyl groups is 1. The van der Waals surface area contributed by atoms with Crippen molar-refractivity contribution in [2.24, 2.45) is 5.92 Å². The van der Waals surface area contributed by atoms with E-state index in [1.54, 1.807) is 18.2 Å². The molecule has 128 valence electrons. The Balaban J connectivity index is 1.62. The first-order chi connectivity index (χ1) is 11.7. The van der Waals surface area contributed by atoms with Crippen LogP contribution in [0.3, 0.4) is 0 Å². The molecule has 0 aliphatic carbocycles. The average Bonchev–Trinajstić information content (AvgIpc) is 2.62. The fourth-order valence-corrected chi connectivity index (χ4v) is 3.32. The second-order valence-electron chi connectivity index (χ2n) is 6.32. The minimum Gasteiger partial charge on any atom is -0.396 e. The molecule has 1 saturated heterocycles. The van der Waals surface area contributed by atoms with Crippen LogP contribution >= 0.6 is 0 Å². The molecule has 3 rings (SSSR count). The van der Waals surface area contributed by atoms with Gasteiger partial charge in [-0.1, -0.05) is 18.2 Å². The Kier molecular flexibility index (Phi) is 5.27. The summed E-state index contributed by atoms with van der Waals surface area (Å²) in [6.07, 6.45) is 3.63. The van der Waals surface area contributed by atoms with E-state index >= 15 is 0 Å². The number of carbonyl (C=O) groups is 1. The van der Waals surface area contributed by atoms with E-state index in [0.29, 0.717) is 28.8 Å². The van der Waals surface area contributed by atoms with Crippen molar-refractivity contribution in [3.63, 3.8) is 0 Å². The van der Waals surface area contributed by atoms with Gasteiger partial charge in [0.05, 0.1) is 5.56 Å². The Morgan fingerprint density at radius 1 is 1.33 bits per heavy atom. The van der Waals surface area contributed by atoms with Gasteiger partial charge in [0, 0.05) is 43.2 Å². The van der Waals surface area contributed by atoms with E-state index in [1.807, 2.05) is 6.07 Å². The summed E-state index contributed by atoms with van der Waals surface area (Å²) in [5.41, 5.74) is 0.294.